The van der Waals surface area contributed by atoms with Gasteiger partial charge in [0.05, 0.1) is 17.8 Å². The van der Waals surface area contributed by atoms with Crippen molar-refractivity contribution in [3.8, 4) is 0 Å². The molecule has 2 heterocycles. The fraction of sp³-hybridized carbons (Fsp3) is 0.778. The van der Waals surface area contributed by atoms with Gasteiger partial charge in [-0.25, -0.2) is 4.68 Å². The number of carbonyl (C=O) groups excluding carboxylic acids is 1. The third kappa shape index (κ3) is 5.31. The summed E-state index contributed by atoms with van der Waals surface area (Å²) in [7, 11) is 2.00. The topological polar surface area (TPSA) is 62.2 Å². The van der Waals surface area contributed by atoms with Crippen molar-refractivity contribution in [2.45, 2.75) is 52.5 Å². The van der Waals surface area contributed by atoms with E-state index in [1.165, 1.54) is 19.3 Å². The van der Waals surface area contributed by atoms with Gasteiger partial charge in [-0.15, -0.1) is 0 Å². The molecule has 0 spiro atoms. The average Bonchev–Trinajstić information content (AvgIpc) is 2.87. The van der Waals surface area contributed by atoms with Gasteiger partial charge in [-0.3, -0.25) is 9.69 Å². The van der Waals surface area contributed by atoms with Crippen LogP contribution in [-0.4, -0.2) is 53.8 Å². The maximum Gasteiger partial charge on any atom is 0.239 e. The Morgan fingerprint density at radius 1 is 1.33 bits per heavy atom. The van der Waals surface area contributed by atoms with Crippen LogP contribution in [-0.2, 0) is 10.3 Å². The molecule has 1 aromatic rings. The van der Waals surface area contributed by atoms with E-state index in [0.717, 1.165) is 37.1 Å². The summed E-state index contributed by atoms with van der Waals surface area (Å²) in [5, 5.41) is 10.8. The Morgan fingerprint density at radius 3 is 2.58 bits per heavy atom. The number of anilines is 1. The van der Waals surface area contributed by atoms with Gasteiger partial charge in [-0.1, -0.05) is 0 Å². The van der Waals surface area contributed by atoms with E-state index in [1.54, 1.807) is 0 Å². The summed E-state index contributed by atoms with van der Waals surface area (Å²) >= 11 is 0. The first kappa shape index (κ1) is 18.9. The van der Waals surface area contributed by atoms with Crippen molar-refractivity contribution in [2.75, 3.05) is 38.5 Å². The number of hydrogen-bond donors (Lipinski definition) is 2. The van der Waals surface area contributed by atoms with Gasteiger partial charge < -0.3 is 10.6 Å². The van der Waals surface area contributed by atoms with Crippen LogP contribution in [0.5, 0.6) is 0 Å². The number of piperidine rings is 1. The number of hydrogen-bond acceptors (Lipinski definition) is 4. The molecule has 0 aliphatic carbocycles. The molecule has 136 valence electrons. The van der Waals surface area contributed by atoms with E-state index in [4.69, 9.17) is 0 Å². The van der Waals surface area contributed by atoms with Crippen molar-refractivity contribution in [3.05, 3.63) is 11.8 Å². The van der Waals surface area contributed by atoms with E-state index in [1.807, 2.05) is 24.7 Å². The summed E-state index contributed by atoms with van der Waals surface area (Å²) < 4.78 is 1.89. The van der Waals surface area contributed by atoms with Crippen LogP contribution in [0.2, 0.25) is 0 Å². The fourth-order valence-electron chi connectivity index (χ4n) is 3.27. The summed E-state index contributed by atoms with van der Waals surface area (Å²) in [6, 6.07) is 1.94. The summed E-state index contributed by atoms with van der Waals surface area (Å²) in [5.41, 5.74) is 0.772. The minimum atomic E-state index is -0.150. The third-order valence-corrected chi connectivity index (χ3v) is 4.61. The molecule has 0 saturated carbocycles. The number of carbonyl (C=O) groups is 1. The lowest BCUT2D eigenvalue weighted by Gasteiger charge is -2.31. The number of aryl methyl sites for hydroxylation is 1. The first-order valence-electron chi connectivity index (χ1n) is 9.03. The van der Waals surface area contributed by atoms with Crippen LogP contribution in [0.15, 0.2) is 6.07 Å². The molecular formula is C18H33N5O. The molecule has 1 fully saturated rings. The van der Waals surface area contributed by atoms with E-state index in [-0.39, 0.29) is 11.4 Å². The highest BCUT2D eigenvalue weighted by molar-refractivity contribution is 5.91. The van der Waals surface area contributed by atoms with Gasteiger partial charge >= 0.3 is 0 Å². The lowest BCUT2D eigenvalue weighted by Crippen LogP contribution is -2.40. The molecular weight excluding hydrogens is 302 g/mol. The van der Waals surface area contributed by atoms with E-state index < -0.39 is 0 Å². The number of rotatable bonds is 6. The number of nitrogens with one attached hydrogen (secondary N) is 2. The molecule has 1 aliphatic heterocycles. The van der Waals surface area contributed by atoms with Gasteiger partial charge in [0.2, 0.25) is 5.91 Å². The minimum Gasteiger partial charge on any atom is -0.320 e. The van der Waals surface area contributed by atoms with Crippen LogP contribution in [0.4, 0.5) is 5.82 Å². The number of aromatic nitrogens is 2. The number of amides is 1. The second-order valence-electron chi connectivity index (χ2n) is 7.91. The summed E-state index contributed by atoms with van der Waals surface area (Å²) in [5.74, 6) is 1.63. The molecule has 24 heavy (non-hydrogen) atoms. The van der Waals surface area contributed by atoms with Crippen LogP contribution in [0.3, 0.4) is 0 Å². The van der Waals surface area contributed by atoms with Crippen LogP contribution in [0.25, 0.3) is 0 Å². The molecule has 6 heteroatoms. The Hall–Kier alpha value is -1.40. The Balaban J connectivity index is 1.85. The van der Waals surface area contributed by atoms with Crippen molar-refractivity contribution < 1.29 is 4.79 Å². The zero-order valence-corrected chi connectivity index (χ0v) is 15.9. The predicted octanol–water partition coefficient (Wildman–Crippen LogP) is 2.21. The second kappa shape index (κ2) is 8.12. The van der Waals surface area contributed by atoms with Gasteiger partial charge in [0, 0.05) is 6.07 Å². The average molecular weight is 335 g/mol. The third-order valence-electron chi connectivity index (χ3n) is 4.61. The van der Waals surface area contributed by atoms with Crippen molar-refractivity contribution in [3.63, 3.8) is 0 Å². The normalized spacial score (nSPS) is 17.2. The monoisotopic (exact) mass is 335 g/mol. The highest BCUT2D eigenvalue weighted by Crippen LogP contribution is 2.22. The quantitative estimate of drug-likeness (QED) is 0.837. The summed E-state index contributed by atoms with van der Waals surface area (Å²) in [4.78, 5) is 14.7. The van der Waals surface area contributed by atoms with Crippen LogP contribution in [0.1, 0.15) is 45.7 Å². The zero-order valence-electron chi connectivity index (χ0n) is 15.9. The molecule has 1 aromatic heterocycles. The largest absolute Gasteiger partial charge is 0.320 e. The van der Waals surface area contributed by atoms with Gasteiger partial charge in [0.1, 0.15) is 5.82 Å². The van der Waals surface area contributed by atoms with E-state index in [9.17, 15) is 4.79 Å². The molecule has 0 aromatic carbocycles. The van der Waals surface area contributed by atoms with Crippen LogP contribution in [0, 0.1) is 12.8 Å². The van der Waals surface area contributed by atoms with Crippen LogP contribution >= 0.6 is 0 Å². The molecule has 1 amide bonds. The van der Waals surface area contributed by atoms with Gasteiger partial charge in [0.25, 0.3) is 0 Å². The molecule has 0 unspecified atom stereocenters. The Kier molecular flexibility index (Phi) is 6.40. The summed E-state index contributed by atoms with van der Waals surface area (Å²) in [6.45, 7) is 11.8. The lowest BCUT2D eigenvalue weighted by atomic mass is 9.93. The van der Waals surface area contributed by atoms with Crippen molar-refractivity contribution >= 4 is 11.7 Å². The Labute approximate surface area is 146 Å². The maximum absolute atomic E-state index is 12.4. The van der Waals surface area contributed by atoms with Gasteiger partial charge in [-0.2, -0.15) is 5.10 Å². The first-order chi connectivity index (χ1) is 11.3. The van der Waals surface area contributed by atoms with E-state index in [0.29, 0.717) is 6.54 Å². The minimum absolute atomic E-state index is 0.0501. The highest BCUT2D eigenvalue weighted by Gasteiger charge is 2.23. The zero-order chi connectivity index (χ0) is 17.7. The highest BCUT2D eigenvalue weighted by atomic mass is 16.2. The van der Waals surface area contributed by atoms with E-state index in [2.05, 4.69) is 41.4 Å². The molecule has 0 bridgehead atoms. The SMILES string of the molecule is CNCCC1CCN(CC(=O)Nc2cc(C)nn2C(C)(C)C)CC1. The number of likely N-dealkylation sites (tertiary alicyclic amines) is 1. The molecule has 0 radical (unpaired) electrons. The molecule has 1 saturated heterocycles. The first-order valence-corrected chi connectivity index (χ1v) is 9.03. The second-order valence-corrected chi connectivity index (χ2v) is 7.91. The molecule has 2 rings (SSSR count). The Bertz CT molecular complexity index is 538. The standard InChI is InChI=1S/C18H33N5O/c1-14-12-16(23(21-14)18(2,3)4)20-17(24)13-22-10-7-15(8-11-22)6-9-19-5/h12,15,19H,6-11,13H2,1-5H3,(H,20,24). The molecule has 6 nitrogen and oxygen atoms in total. The van der Waals surface area contributed by atoms with Gasteiger partial charge in [-0.05, 0) is 79.6 Å². The number of nitrogens with zero attached hydrogens (tertiary/aromatic N) is 3. The molecule has 2 N–H and O–H groups in total. The van der Waals surface area contributed by atoms with Crippen molar-refractivity contribution in [1.82, 2.24) is 20.0 Å². The Morgan fingerprint density at radius 2 is 2.00 bits per heavy atom. The van der Waals surface area contributed by atoms with Crippen LogP contribution < -0.4 is 10.6 Å². The smallest absolute Gasteiger partial charge is 0.239 e. The van der Waals surface area contributed by atoms with Crippen molar-refractivity contribution in [1.29, 1.82) is 0 Å². The fourth-order valence-corrected chi connectivity index (χ4v) is 3.27. The molecule has 0 atom stereocenters. The van der Waals surface area contributed by atoms with Crippen molar-refractivity contribution in [2.24, 2.45) is 5.92 Å². The predicted molar refractivity (Wildman–Crippen MR) is 98.3 cm³/mol. The molecule has 1 aliphatic rings. The lowest BCUT2D eigenvalue weighted by molar-refractivity contribution is -0.117. The maximum atomic E-state index is 12.4. The van der Waals surface area contributed by atoms with Gasteiger partial charge in [0.15, 0.2) is 0 Å². The summed E-state index contributed by atoms with van der Waals surface area (Å²) in [6.07, 6.45) is 3.61. The van der Waals surface area contributed by atoms with E-state index >= 15 is 0 Å².